The van der Waals surface area contributed by atoms with E-state index in [1.807, 2.05) is 26.2 Å². The molecule has 0 aliphatic heterocycles. The minimum absolute atomic E-state index is 0.0676. The lowest BCUT2D eigenvalue weighted by Gasteiger charge is -2.22. The van der Waals surface area contributed by atoms with Crippen LogP contribution in [0.5, 0.6) is 0 Å². The third-order valence-electron chi connectivity index (χ3n) is 4.80. The van der Waals surface area contributed by atoms with E-state index in [4.69, 9.17) is 0 Å². The summed E-state index contributed by atoms with van der Waals surface area (Å²) in [6, 6.07) is 9.67. The van der Waals surface area contributed by atoms with Gasteiger partial charge in [0, 0.05) is 38.6 Å². The maximum Gasteiger partial charge on any atom is 0.211 e. The van der Waals surface area contributed by atoms with Gasteiger partial charge in [-0.05, 0) is 36.5 Å². The first-order chi connectivity index (χ1) is 12.5. The highest BCUT2D eigenvalue weighted by atomic mass is 16.1. The molecule has 1 aliphatic carbocycles. The van der Waals surface area contributed by atoms with E-state index >= 15 is 0 Å². The van der Waals surface area contributed by atoms with Gasteiger partial charge in [-0.3, -0.25) is 9.59 Å². The van der Waals surface area contributed by atoms with Crippen molar-refractivity contribution in [2.45, 2.75) is 38.0 Å². The van der Waals surface area contributed by atoms with E-state index in [1.54, 1.807) is 22.0 Å². The van der Waals surface area contributed by atoms with Crippen LogP contribution >= 0.6 is 0 Å². The van der Waals surface area contributed by atoms with Crippen LogP contribution in [0, 0.1) is 0 Å². The van der Waals surface area contributed by atoms with Gasteiger partial charge in [-0.15, -0.1) is 0 Å². The molecule has 0 bridgehead atoms. The second-order valence-electron chi connectivity index (χ2n) is 7.04. The Hall–Kier alpha value is -2.69. The van der Waals surface area contributed by atoms with Crippen molar-refractivity contribution in [2.75, 3.05) is 14.1 Å². The molecule has 5 heteroatoms. The van der Waals surface area contributed by atoms with Crippen LogP contribution in [-0.2, 0) is 0 Å². The average molecular weight is 351 g/mol. The van der Waals surface area contributed by atoms with Crippen molar-refractivity contribution < 1.29 is 4.79 Å². The van der Waals surface area contributed by atoms with Crippen LogP contribution in [0.3, 0.4) is 0 Å². The maximum atomic E-state index is 12.2. The van der Waals surface area contributed by atoms with Gasteiger partial charge in [0.25, 0.3) is 0 Å². The summed E-state index contributed by atoms with van der Waals surface area (Å²) in [5, 5.41) is 4.25. The van der Waals surface area contributed by atoms with Crippen molar-refractivity contribution in [1.82, 2.24) is 14.7 Å². The highest BCUT2D eigenvalue weighted by Gasteiger charge is 2.15. The zero-order chi connectivity index (χ0) is 18.5. The third kappa shape index (κ3) is 4.28. The minimum Gasteiger partial charge on any atom is -0.383 e. The van der Waals surface area contributed by atoms with Gasteiger partial charge in [0.2, 0.25) is 11.2 Å². The maximum absolute atomic E-state index is 12.2. The van der Waals surface area contributed by atoms with Crippen LogP contribution in [0.15, 0.2) is 53.6 Å². The molecular formula is C21H25N3O2. The zero-order valence-corrected chi connectivity index (χ0v) is 15.4. The van der Waals surface area contributed by atoms with Gasteiger partial charge in [-0.1, -0.05) is 31.4 Å². The number of allylic oxidation sites excluding steroid dienone is 1. The Kier molecular flexibility index (Phi) is 5.66. The topological polar surface area (TPSA) is 55.2 Å². The predicted octanol–water partition coefficient (Wildman–Crippen LogP) is 3.54. The highest BCUT2D eigenvalue weighted by Crippen LogP contribution is 2.32. The SMILES string of the molecule is CN(C)/C=C/C(=O)c1nn(-c2ccc(C3CCCCC3)cc2)ccc1=O. The average Bonchev–Trinajstić information content (AvgIpc) is 2.67. The van der Waals surface area contributed by atoms with Crippen molar-refractivity contribution in [3.8, 4) is 5.69 Å². The predicted molar refractivity (Wildman–Crippen MR) is 103 cm³/mol. The second-order valence-corrected chi connectivity index (χ2v) is 7.04. The molecule has 0 unspecified atom stereocenters. The molecule has 0 radical (unpaired) electrons. The van der Waals surface area contributed by atoms with E-state index in [1.165, 1.54) is 49.8 Å². The number of hydrogen-bond acceptors (Lipinski definition) is 4. The third-order valence-corrected chi connectivity index (χ3v) is 4.80. The first kappa shape index (κ1) is 18.1. The Morgan fingerprint density at radius 2 is 1.81 bits per heavy atom. The summed E-state index contributed by atoms with van der Waals surface area (Å²) >= 11 is 0. The molecule has 0 N–H and O–H groups in total. The Bertz CT molecular complexity index is 844. The lowest BCUT2D eigenvalue weighted by atomic mass is 9.84. The van der Waals surface area contributed by atoms with E-state index in [2.05, 4.69) is 17.2 Å². The van der Waals surface area contributed by atoms with Gasteiger partial charge in [-0.25, -0.2) is 4.68 Å². The summed E-state index contributed by atoms with van der Waals surface area (Å²) in [6.45, 7) is 0. The van der Waals surface area contributed by atoms with E-state index in [0.717, 1.165) is 5.69 Å². The van der Waals surface area contributed by atoms with Crippen molar-refractivity contribution in [3.05, 3.63) is 70.3 Å². The Morgan fingerprint density at radius 1 is 1.12 bits per heavy atom. The minimum atomic E-state index is -0.392. The van der Waals surface area contributed by atoms with E-state index < -0.39 is 5.78 Å². The summed E-state index contributed by atoms with van der Waals surface area (Å²) in [5.41, 5.74) is 1.77. The van der Waals surface area contributed by atoms with Gasteiger partial charge < -0.3 is 4.90 Å². The number of benzene rings is 1. The first-order valence-corrected chi connectivity index (χ1v) is 9.14. The number of hydrogen-bond donors (Lipinski definition) is 0. The van der Waals surface area contributed by atoms with E-state index in [0.29, 0.717) is 5.92 Å². The number of ketones is 1. The van der Waals surface area contributed by atoms with Crippen LogP contribution in [0.1, 0.15) is 54.1 Å². The molecule has 5 nitrogen and oxygen atoms in total. The van der Waals surface area contributed by atoms with Gasteiger partial charge in [-0.2, -0.15) is 5.10 Å². The number of rotatable bonds is 5. The Labute approximate surface area is 154 Å². The molecule has 3 rings (SSSR count). The summed E-state index contributed by atoms with van der Waals surface area (Å²) in [4.78, 5) is 26.0. The Balaban J connectivity index is 1.84. The fourth-order valence-electron chi connectivity index (χ4n) is 3.35. The lowest BCUT2D eigenvalue weighted by molar-refractivity contribution is 0.103. The molecule has 1 fully saturated rings. The van der Waals surface area contributed by atoms with E-state index in [-0.39, 0.29) is 11.1 Å². The van der Waals surface area contributed by atoms with Crippen LogP contribution in [0.25, 0.3) is 5.69 Å². The molecule has 1 saturated carbocycles. The van der Waals surface area contributed by atoms with Gasteiger partial charge in [0.05, 0.1) is 5.69 Å². The number of aromatic nitrogens is 2. The van der Waals surface area contributed by atoms with Gasteiger partial charge >= 0.3 is 0 Å². The molecule has 0 saturated heterocycles. The molecule has 26 heavy (non-hydrogen) atoms. The van der Waals surface area contributed by atoms with Crippen LogP contribution < -0.4 is 5.43 Å². The molecule has 0 spiro atoms. The summed E-state index contributed by atoms with van der Waals surface area (Å²) in [5.74, 6) is 0.255. The monoisotopic (exact) mass is 351 g/mol. The zero-order valence-electron chi connectivity index (χ0n) is 15.4. The van der Waals surface area contributed by atoms with Gasteiger partial charge in [0.15, 0.2) is 5.69 Å². The fourth-order valence-corrected chi connectivity index (χ4v) is 3.35. The number of carbonyl (C=O) groups excluding carboxylic acids is 1. The van der Waals surface area contributed by atoms with Crippen LogP contribution in [-0.4, -0.2) is 34.6 Å². The van der Waals surface area contributed by atoms with E-state index in [9.17, 15) is 9.59 Å². The van der Waals surface area contributed by atoms with Crippen LogP contribution in [0.4, 0.5) is 0 Å². The summed E-state index contributed by atoms with van der Waals surface area (Å²) in [7, 11) is 3.63. The molecule has 136 valence electrons. The highest BCUT2D eigenvalue weighted by molar-refractivity contribution is 6.02. The molecule has 1 aliphatic rings. The molecule has 1 heterocycles. The van der Waals surface area contributed by atoms with Crippen molar-refractivity contribution in [2.24, 2.45) is 0 Å². The smallest absolute Gasteiger partial charge is 0.211 e. The van der Waals surface area contributed by atoms with Crippen LogP contribution in [0.2, 0.25) is 0 Å². The lowest BCUT2D eigenvalue weighted by Crippen LogP contribution is -2.20. The second kappa shape index (κ2) is 8.13. The van der Waals surface area contributed by atoms with Gasteiger partial charge in [0.1, 0.15) is 0 Å². The largest absolute Gasteiger partial charge is 0.383 e. The molecule has 0 amide bonds. The summed E-state index contributed by atoms with van der Waals surface area (Å²) < 4.78 is 1.59. The Morgan fingerprint density at radius 3 is 2.46 bits per heavy atom. The van der Waals surface area contributed by atoms with Crippen molar-refractivity contribution in [1.29, 1.82) is 0 Å². The molecule has 0 atom stereocenters. The summed E-state index contributed by atoms with van der Waals surface area (Å²) in [6.07, 6.45) is 11.0. The normalized spacial score (nSPS) is 15.3. The molecule has 1 aromatic heterocycles. The van der Waals surface area contributed by atoms with Crippen molar-refractivity contribution >= 4 is 5.78 Å². The number of carbonyl (C=O) groups is 1. The van der Waals surface area contributed by atoms with Crippen molar-refractivity contribution in [3.63, 3.8) is 0 Å². The quantitative estimate of drug-likeness (QED) is 0.611. The standard InChI is InChI=1S/C21H25N3O2/c1-23(2)14-12-19(25)21-20(26)13-15-24(22-21)18-10-8-17(9-11-18)16-6-4-3-5-7-16/h8-16H,3-7H2,1-2H3/b14-12+. The molecule has 2 aromatic rings. The molecular weight excluding hydrogens is 326 g/mol. The fraction of sp³-hybridized carbons (Fsp3) is 0.381. The molecule has 1 aromatic carbocycles. The first-order valence-electron chi connectivity index (χ1n) is 9.14. The number of nitrogens with zero attached hydrogens (tertiary/aromatic N) is 3.